The number of amides is 2. The predicted molar refractivity (Wildman–Crippen MR) is 121 cm³/mol. The molecule has 1 aliphatic rings. The van der Waals surface area contributed by atoms with Crippen LogP contribution in [0.25, 0.3) is 0 Å². The van der Waals surface area contributed by atoms with E-state index in [1.54, 1.807) is 29.2 Å². The lowest BCUT2D eigenvalue weighted by Crippen LogP contribution is -2.51. The van der Waals surface area contributed by atoms with Gasteiger partial charge in [-0.05, 0) is 54.7 Å². The quantitative estimate of drug-likeness (QED) is 0.602. The van der Waals surface area contributed by atoms with Crippen LogP contribution in [0.2, 0.25) is 5.02 Å². The Labute approximate surface area is 188 Å². The third kappa shape index (κ3) is 6.79. The van der Waals surface area contributed by atoms with Gasteiger partial charge in [-0.15, -0.1) is 0 Å². The Balaban J connectivity index is 1.79. The molecule has 1 saturated carbocycles. The van der Waals surface area contributed by atoms with Gasteiger partial charge in [-0.25, -0.2) is 4.39 Å². The second-order valence-electron chi connectivity index (χ2n) is 8.22. The first-order valence-corrected chi connectivity index (χ1v) is 11.4. The van der Waals surface area contributed by atoms with E-state index in [0.29, 0.717) is 11.4 Å². The van der Waals surface area contributed by atoms with E-state index in [2.05, 4.69) is 5.32 Å². The summed E-state index contributed by atoms with van der Waals surface area (Å²) < 4.78 is 13.4. The number of rotatable bonds is 8. The molecule has 0 aromatic heterocycles. The lowest BCUT2D eigenvalue weighted by Gasteiger charge is -2.33. The maximum absolute atomic E-state index is 13.4. The molecule has 0 radical (unpaired) electrons. The fourth-order valence-corrected chi connectivity index (χ4v) is 4.25. The highest BCUT2D eigenvalue weighted by Crippen LogP contribution is 2.20. The van der Waals surface area contributed by atoms with Gasteiger partial charge in [-0.1, -0.05) is 62.1 Å². The molecule has 0 spiro atoms. The number of nitrogens with one attached hydrogen (secondary N) is 1. The van der Waals surface area contributed by atoms with Crippen LogP contribution in [-0.4, -0.2) is 28.8 Å². The summed E-state index contributed by atoms with van der Waals surface area (Å²) in [5.41, 5.74) is 1.62. The van der Waals surface area contributed by atoms with Gasteiger partial charge in [0.05, 0.1) is 6.42 Å². The molecule has 31 heavy (non-hydrogen) atoms. The summed E-state index contributed by atoms with van der Waals surface area (Å²) in [6.07, 6.45) is 6.10. The van der Waals surface area contributed by atoms with Crippen molar-refractivity contribution in [2.45, 2.75) is 70.5 Å². The maximum atomic E-state index is 13.4. The summed E-state index contributed by atoms with van der Waals surface area (Å²) >= 11 is 5.96. The Hall–Kier alpha value is -2.40. The van der Waals surface area contributed by atoms with E-state index in [1.807, 2.05) is 19.1 Å². The number of nitrogens with zero attached hydrogens (tertiary/aromatic N) is 1. The maximum Gasteiger partial charge on any atom is 0.243 e. The zero-order valence-electron chi connectivity index (χ0n) is 17.9. The third-order valence-corrected chi connectivity index (χ3v) is 6.12. The standard InChI is InChI=1S/C25H30ClFN2O2/c1-2-23(25(31)28-22-6-4-3-5-7-22)29(17-19-10-14-21(27)15-11-19)24(30)16-18-8-12-20(26)13-9-18/h8-15,22-23H,2-7,16-17H2,1H3,(H,28,31). The van der Waals surface area contributed by atoms with E-state index >= 15 is 0 Å². The van der Waals surface area contributed by atoms with Gasteiger partial charge in [0.1, 0.15) is 11.9 Å². The van der Waals surface area contributed by atoms with Gasteiger partial charge in [0.2, 0.25) is 11.8 Å². The number of hydrogen-bond acceptors (Lipinski definition) is 2. The summed E-state index contributed by atoms with van der Waals surface area (Å²) in [6, 6.07) is 12.8. The molecule has 2 amide bonds. The van der Waals surface area contributed by atoms with Gasteiger partial charge in [0.15, 0.2) is 0 Å². The van der Waals surface area contributed by atoms with Crippen LogP contribution in [0.1, 0.15) is 56.6 Å². The number of hydrogen-bond donors (Lipinski definition) is 1. The topological polar surface area (TPSA) is 49.4 Å². The van der Waals surface area contributed by atoms with E-state index in [4.69, 9.17) is 11.6 Å². The van der Waals surface area contributed by atoms with Crippen molar-refractivity contribution in [2.24, 2.45) is 0 Å². The van der Waals surface area contributed by atoms with Crippen molar-refractivity contribution >= 4 is 23.4 Å². The van der Waals surface area contributed by atoms with Gasteiger partial charge < -0.3 is 10.2 Å². The normalized spacial score (nSPS) is 15.3. The second-order valence-corrected chi connectivity index (χ2v) is 8.66. The number of halogens is 2. The first-order chi connectivity index (χ1) is 15.0. The van der Waals surface area contributed by atoms with E-state index in [-0.39, 0.29) is 36.6 Å². The van der Waals surface area contributed by atoms with Gasteiger partial charge in [0.25, 0.3) is 0 Å². The molecule has 166 valence electrons. The van der Waals surface area contributed by atoms with Crippen LogP contribution in [0.4, 0.5) is 4.39 Å². The van der Waals surface area contributed by atoms with Crippen molar-refractivity contribution in [3.63, 3.8) is 0 Å². The minimum atomic E-state index is -0.577. The Morgan fingerprint density at radius 2 is 1.65 bits per heavy atom. The van der Waals surface area contributed by atoms with E-state index in [0.717, 1.165) is 36.8 Å². The van der Waals surface area contributed by atoms with Crippen molar-refractivity contribution in [2.75, 3.05) is 0 Å². The van der Waals surface area contributed by atoms with Crippen molar-refractivity contribution in [1.82, 2.24) is 10.2 Å². The summed E-state index contributed by atoms with van der Waals surface area (Å²) in [6.45, 7) is 2.17. The Bertz CT molecular complexity index is 864. The minimum absolute atomic E-state index is 0.110. The average molecular weight is 445 g/mol. The molecule has 0 saturated heterocycles. The molecule has 4 nitrogen and oxygen atoms in total. The van der Waals surface area contributed by atoms with Crippen LogP contribution in [-0.2, 0) is 22.6 Å². The summed E-state index contributed by atoms with van der Waals surface area (Å²) in [5, 5.41) is 3.77. The molecule has 0 heterocycles. The van der Waals surface area contributed by atoms with Crippen molar-refractivity contribution in [3.05, 3.63) is 70.5 Å². The second kappa shape index (κ2) is 11.3. The van der Waals surface area contributed by atoms with Gasteiger partial charge in [-0.3, -0.25) is 9.59 Å². The van der Waals surface area contributed by atoms with E-state index in [9.17, 15) is 14.0 Å². The van der Waals surface area contributed by atoms with Crippen LogP contribution in [0, 0.1) is 5.82 Å². The molecular formula is C25H30ClFN2O2. The first-order valence-electron chi connectivity index (χ1n) is 11.0. The first kappa shape index (κ1) is 23.3. The van der Waals surface area contributed by atoms with E-state index < -0.39 is 6.04 Å². The highest BCUT2D eigenvalue weighted by molar-refractivity contribution is 6.30. The highest BCUT2D eigenvalue weighted by Gasteiger charge is 2.30. The molecule has 1 fully saturated rings. The molecule has 6 heteroatoms. The van der Waals surface area contributed by atoms with Crippen molar-refractivity contribution in [3.8, 4) is 0 Å². The molecule has 0 bridgehead atoms. The summed E-state index contributed by atoms with van der Waals surface area (Å²) in [7, 11) is 0. The lowest BCUT2D eigenvalue weighted by atomic mass is 9.95. The molecule has 0 aliphatic heterocycles. The Kier molecular flexibility index (Phi) is 8.47. The van der Waals surface area contributed by atoms with Crippen LogP contribution in [0.15, 0.2) is 48.5 Å². The van der Waals surface area contributed by atoms with Crippen molar-refractivity contribution in [1.29, 1.82) is 0 Å². The molecular weight excluding hydrogens is 415 g/mol. The van der Waals surface area contributed by atoms with Crippen LogP contribution in [0.3, 0.4) is 0 Å². The molecule has 1 N–H and O–H groups in total. The fraction of sp³-hybridized carbons (Fsp3) is 0.440. The molecule has 1 aliphatic carbocycles. The van der Waals surface area contributed by atoms with Gasteiger partial charge >= 0.3 is 0 Å². The number of carbonyl (C=O) groups excluding carboxylic acids is 2. The lowest BCUT2D eigenvalue weighted by molar-refractivity contribution is -0.141. The van der Waals surface area contributed by atoms with Gasteiger partial charge in [0, 0.05) is 17.6 Å². The molecule has 1 atom stereocenters. The molecule has 2 aromatic carbocycles. The van der Waals surface area contributed by atoms with Gasteiger partial charge in [-0.2, -0.15) is 0 Å². The number of benzene rings is 2. The van der Waals surface area contributed by atoms with Crippen LogP contribution < -0.4 is 5.32 Å². The third-order valence-electron chi connectivity index (χ3n) is 5.87. The fourth-order valence-electron chi connectivity index (χ4n) is 4.13. The Morgan fingerprint density at radius 1 is 1.03 bits per heavy atom. The largest absolute Gasteiger partial charge is 0.352 e. The molecule has 2 aromatic rings. The molecule has 3 rings (SSSR count). The van der Waals surface area contributed by atoms with Crippen LogP contribution in [0.5, 0.6) is 0 Å². The number of carbonyl (C=O) groups is 2. The Morgan fingerprint density at radius 3 is 2.26 bits per heavy atom. The summed E-state index contributed by atoms with van der Waals surface area (Å²) in [4.78, 5) is 28.1. The predicted octanol–water partition coefficient (Wildman–Crippen LogP) is 5.28. The summed E-state index contributed by atoms with van der Waals surface area (Å²) in [5.74, 6) is -0.580. The smallest absolute Gasteiger partial charge is 0.243 e. The van der Waals surface area contributed by atoms with Crippen molar-refractivity contribution < 1.29 is 14.0 Å². The SMILES string of the molecule is CCC(C(=O)NC1CCCCC1)N(Cc1ccc(F)cc1)C(=O)Cc1ccc(Cl)cc1. The average Bonchev–Trinajstić information content (AvgIpc) is 2.77. The zero-order chi connectivity index (χ0) is 22.2. The highest BCUT2D eigenvalue weighted by atomic mass is 35.5. The zero-order valence-corrected chi connectivity index (χ0v) is 18.7. The van der Waals surface area contributed by atoms with E-state index in [1.165, 1.54) is 18.6 Å². The van der Waals surface area contributed by atoms with Crippen LogP contribution >= 0.6 is 11.6 Å². The monoisotopic (exact) mass is 444 g/mol. The molecule has 1 unspecified atom stereocenters. The minimum Gasteiger partial charge on any atom is -0.352 e.